The molecule has 0 amide bonds. The molecule has 0 atom stereocenters. The Kier molecular flexibility index (Phi) is 5.04. The molecule has 0 aliphatic carbocycles. The van der Waals surface area contributed by atoms with Gasteiger partial charge >= 0.3 is 5.97 Å². The Hall–Kier alpha value is -3.25. The van der Waals surface area contributed by atoms with Crippen LogP contribution >= 0.6 is 11.6 Å². The van der Waals surface area contributed by atoms with Crippen molar-refractivity contribution >= 4 is 28.5 Å². The van der Waals surface area contributed by atoms with Crippen LogP contribution < -0.4 is 0 Å². The number of ether oxygens (including phenoxy) is 1. The number of pyridine rings is 1. The highest BCUT2D eigenvalue weighted by Crippen LogP contribution is 2.26. The van der Waals surface area contributed by atoms with Gasteiger partial charge in [-0.2, -0.15) is 4.98 Å². The maximum atomic E-state index is 12.8. The third kappa shape index (κ3) is 3.73. The molecule has 0 saturated heterocycles. The summed E-state index contributed by atoms with van der Waals surface area (Å²) in [6, 6.07) is 16.4. The first-order valence-corrected chi connectivity index (χ1v) is 9.16. The van der Waals surface area contributed by atoms with Gasteiger partial charge in [-0.3, -0.25) is 0 Å². The summed E-state index contributed by atoms with van der Waals surface area (Å²) in [6.07, 6.45) is 0.650. The third-order valence-electron chi connectivity index (χ3n) is 4.23. The largest absolute Gasteiger partial charge is 0.452 e. The lowest BCUT2D eigenvalue weighted by Crippen LogP contribution is -2.07. The summed E-state index contributed by atoms with van der Waals surface area (Å²) in [5.74, 6) is 0.358. The van der Waals surface area contributed by atoms with E-state index in [0.29, 0.717) is 39.4 Å². The molecule has 2 aromatic carbocycles. The van der Waals surface area contributed by atoms with E-state index in [1.54, 1.807) is 18.2 Å². The summed E-state index contributed by atoms with van der Waals surface area (Å²) in [5.41, 5.74) is 2.64. The van der Waals surface area contributed by atoms with Crippen molar-refractivity contribution in [2.45, 2.75) is 20.0 Å². The van der Waals surface area contributed by atoms with Crippen molar-refractivity contribution in [3.63, 3.8) is 0 Å². The Morgan fingerprint density at radius 3 is 2.64 bits per heavy atom. The van der Waals surface area contributed by atoms with Crippen molar-refractivity contribution in [3.8, 4) is 11.3 Å². The second kappa shape index (κ2) is 7.78. The van der Waals surface area contributed by atoms with Gasteiger partial charge in [0.15, 0.2) is 12.4 Å². The van der Waals surface area contributed by atoms with Crippen molar-refractivity contribution in [2.24, 2.45) is 0 Å². The van der Waals surface area contributed by atoms with Gasteiger partial charge in [0.1, 0.15) is 0 Å². The van der Waals surface area contributed by atoms with Gasteiger partial charge in [0.05, 0.1) is 16.8 Å². The average molecular weight is 394 g/mol. The van der Waals surface area contributed by atoms with Crippen LogP contribution in [0.15, 0.2) is 59.1 Å². The molecule has 0 aliphatic heterocycles. The number of esters is 1. The van der Waals surface area contributed by atoms with E-state index in [1.807, 2.05) is 43.3 Å². The second-order valence-electron chi connectivity index (χ2n) is 6.11. The summed E-state index contributed by atoms with van der Waals surface area (Å²) in [6.45, 7) is 1.83. The molecule has 0 saturated carbocycles. The molecular weight excluding hydrogens is 378 g/mol. The number of para-hydroxylation sites is 1. The van der Waals surface area contributed by atoms with Crippen molar-refractivity contribution in [3.05, 3.63) is 76.9 Å². The number of fused-ring (bicyclic) bond motifs is 1. The molecule has 140 valence electrons. The molecule has 4 aromatic rings. The highest BCUT2D eigenvalue weighted by Gasteiger charge is 2.16. The van der Waals surface area contributed by atoms with Crippen LogP contribution in [0, 0.1) is 0 Å². The van der Waals surface area contributed by atoms with Crippen LogP contribution in [0.2, 0.25) is 5.02 Å². The second-order valence-corrected chi connectivity index (χ2v) is 6.55. The molecule has 4 rings (SSSR count). The number of rotatable bonds is 5. The molecule has 0 radical (unpaired) electrons. The Balaban J connectivity index is 1.68. The Morgan fingerprint density at radius 2 is 1.89 bits per heavy atom. The van der Waals surface area contributed by atoms with Crippen LogP contribution in [0.25, 0.3) is 22.2 Å². The summed E-state index contributed by atoms with van der Waals surface area (Å²) >= 11 is 5.97. The quantitative estimate of drug-likeness (QED) is 0.451. The van der Waals surface area contributed by atoms with E-state index < -0.39 is 5.97 Å². The fourth-order valence-corrected chi connectivity index (χ4v) is 2.94. The molecule has 0 aliphatic rings. The monoisotopic (exact) mass is 393 g/mol. The van der Waals surface area contributed by atoms with Crippen LogP contribution in [0.3, 0.4) is 0 Å². The van der Waals surface area contributed by atoms with E-state index in [4.69, 9.17) is 20.9 Å². The van der Waals surface area contributed by atoms with Gasteiger partial charge in [-0.1, -0.05) is 54.0 Å². The van der Waals surface area contributed by atoms with Crippen LogP contribution in [0.5, 0.6) is 0 Å². The van der Waals surface area contributed by atoms with E-state index in [2.05, 4.69) is 15.1 Å². The number of halogens is 1. The fraction of sp³-hybridized carbons (Fsp3) is 0.143. The first-order chi connectivity index (χ1) is 13.6. The lowest BCUT2D eigenvalue weighted by molar-refractivity contribution is 0.0432. The minimum atomic E-state index is -0.481. The summed E-state index contributed by atoms with van der Waals surface area (Å²) in [5, 5.41) is 5.15. The van der Waals surface area contributed by atoms with Gasteiger partial charge in [0, 0.05) is 22.4 Å². The van der Waals surface area contributed by atoms with Crippen LogP contribution in [-0.4, -0.2) is 21.1 Å². The van der Waals surface area contributed by atoms with Gasteiger partial charge in [0.25, 0.3) is 5.89 Å². The predicted molar refractivity (Wildman–Crippen MR) is 105 cm³/mol. The lowest BCUT2D eigenvalue weighted by atomic mass is 10.0. The zero-order chi connectivity index (χ0) is 19.5. The van der Waals surface area contributed by atoms with Gasteiger partial charge in [-0.05, 0) is 24.3 Å². The third-order valence-corrected chi connectivity index (χ3v) is 4.48. The van der Waals surface area contributed by atoms with E-state index in [9.17, 15) is 4.79 Å². The van der Waals surface area contributed by atoms with Gasteiger partial charge in [-0.25, -0.2) is 9.78 Å². The zero-order valence-corrected chi connectivity index (χ0v) is 15.8. The summed E-state index contributed by atoms with van der Waals surface area (Å²) < 4.78 is 10.5. The van der Waals surface area contributed by atoms with Gasteiger partial charge in [-0.15, -0.1) is 0 Å². The first kappa shape index (κ1) is 18.1. The minimum Gasteiger partial charge on any atom is -0.452 e. The molecule has 0 unspecified atom stereocenters. The molecule has 0 bridgehead atoms. The van der Waals surface area contributed by atoms with E-state index in [0.717, 1.165) is 5.56 Å². The SMILES string of the molecule is CCc1noc(COC(=O)c2cc(-c3ccc(Cl)cc3)nc3ccccc23)n1. The highest BCUT2D eigenvalue weighted by molar-refractivity contribution is 6.30. The number of carbonyl (C=O) groups is 1. The smallest absolute Gasteiger partial charge is 0.339 e. The van der Waals surface area contributed by atoms with E-state index in [-0.39, 0.29) is 12.5 Å². The maximum absolute atomic E-state index is 12.8. The lowest BCUT2D eigenvalue weighted by Gasteiger charge is -2.09. The number of benzene rings is 2. The first-order valence-electron chi connectivity index (χ1n) is 8.78. The number of carbonyl (C=O) groups excluding carboxylic acids is 1. The van der Waals surface area contributed by atoms with Gasteiger partial charge in [0.2, 0.25) is 0 Å². The van der Waals surface area contributed by atoms with Crippen LogP contribution in [-0.2, 0) is 17.8 Å². The fourth-order valence-electron chi connectivity index (χ4n) is 2.81. The van der Waals surface area contributed by atoms with Crippen LogP contribution in [0.4, 0.5) is 0 Å². The van der Waals surface area contributed by atoms with E-state index in [1.165, 1.54) is 0 Å². The highest BCUT2D eigenvalue weighted by atomic mass is 35.5. The molecule has 0 N–H and O–H groups in total. The Labute approximate surface area is 166 Å². The van der Waals surface area contributed by atoms with Gasteiger partial charge < -0.3 is 9.26 Å². The topological polar surface area (TPSA) is 78.1 Å². The van der Waals surface area contributed by atoms with Crippen LogP contribution in [0.1, 0.15) is 29.0 Å². The molecule has 0 fully saturated rings. The van der Waals surface area contributed by atoms with Crippen molar-refractivity contribution in [1.82, 2.24) is 15.1 Å². The number of aromatic nitrogens is 3. The molecule has 2 aromatic heterocycles. The number of hydrogen-bond acceptors (Lipinski definition) is 6. The Bertz CT molecular complexity index is 1140. The standard InChI is InChI=1S/C21H16ClN3O3/c1-2-19-24-20(28-25-19)12-27-21(26)16-11-18(13-7-9-14(22)10-8-13)23-17-6-4-3-5-15(16)17/h3-11H,2,12H2,1H3. The van der Waals surface area contributed by atoms with Crippen molar-refractivity contribution in [2.75, 3.05) is 0 Å². The number of nitrogens with zero attached hydrogens (tertiary/aromatic N) is 3. The normalized spacial score (nSPS) is 10.9. The zero-order valence-electron chi connectivity index (χ0n) is 15.1. The number of hydrogen-bond donors (Lipinski definition) is 0. The van der Waals surface area contributed by atoms with Crippen molar-refractivity contribution in [1.29, 1.82) is 0 Å². The molecule has 6 nitrogen and oxygen atoms in total. The molecule has 7 heteroatoms. The average Bonchev–Trinajstić information content (AvgIpc) is 3.20. The summed E-state index contributed by atoms with van der Waals surface area (Å²) in [7, 11) is 0. The predicted octanol–water partition coefficient (Wildman–Crippen LogP) is 4.86. The molecule has 2 heterocycles. The maximum Gasteiger partial charge on any atom is 0.339 e. The Morgan fingerprint density at radius 1 is 1.11 bits per heavy atom. The number of aryl methyl sites for hydroxylation is 1. The van der Waals surface area contributed by atoms with E-state index >= 15 is 0 Å². The van der Waals surface area contributed by atoms with Crippen molar-refractivity contribution < 1.29 is 14.1 Å². The molecule has 28 heavy (non-hydrogen) atoms. The molecule has 0 spiro atoms. The minimum absolute atomic E-state index is 0.0846. The molecular formula is C21H16ClN3O3. The summed E-state index contributed by atoms with van der Waals surface area (Å²) in [4.78, 5) is 21.6.